The van der Waals surface area contributed by atoms with Crippen LogP contribution in [0.1, 0.15) is 52.7 Å². The zero-order valence-corrected chi connectivity index (χ0v) is 20.6. The highest BCUT2D eigenvalue weighted by atomic mass is 127. The summed E-state index contributed by atoms with van der Waals surface area (Å²) in [7, 11) is -4.76. The summed E-state index contributed by atoms with van der Waals surface area (Å²) in [6.07, 6.45) is -2.85. The van der Waals surface area contributed by atoms with Crippen LogP contribution in [0.4, 0.5) is 10.2 Å². The van der Waals surface area contributed by atoms with Crippen LogP contribution in [0.2, 0.25) is 0 Å². The van der Waals surface area contributed by atoms with E-state index in [1.165, 1.54) is 27.0 Å². The summed E-state index contributed by atoms with van der Waals surface area (Å²) in [5.74, 6) is -2.66. The van der Waals surface area contributed by atoms with E-state index in [2.05, 4.69) is 4.98 Å². The summed E-state index contributed by atoms with van der Waals surface area (Å²) in [6, 6.07) is 0. The predicted molar refractivity (Wildman–Crippen MR) is 119 cm³/mol. The number of hydrogen-bond donors (Lipinski definition) is 5. The van der Waals surface area contributed by atoms with Gasteiger partial charge in [0, 0.05) is 19.0 Å². The number of nitrogen functional groups attached to an aromatic ring is 1. The van der Waals surface area contributed by atoms with Gasteiger partial charge in [0.15, 0.2) is 11.6 Å². The minimum atomic E-state index is -4.76. The van der Waals surface area contributed by atoms with Crippen molar-refractivity contribution in [3.63, 3.8) is 0 Å². The maximum absolute atomic E-state index is 15.2. The third kappa shape index (κ3) is 6.90. The highest BCUT2D eigenvalue weighted by molar-refractivity contribution is 14.1. The summed E-state index contributed by atoms with van der Waals surface area (Å²) >= 11 is 1.81. The quantitative estimate of drug-likeness (QED) is 0.169. The van der Waals surface area contributed by atoms with E-state index in [1.54, 1.807) is 0 Å². The topological polar surface area (TPSA) is 177 Å². The standard InChI is InChI=1S/C17H30FIN3O8P/c1-4-16(18,30-31(27,28)17(26,5-2)6-3)7-8-29-14(12(24)10-23)22-9-11(19)13(20)21-15(22)25/h9,12,14,23-24,26H,4-8,10H2,1-3H3,(H,27,28)(H2,20,21,25)/t12-,14-,16?/m1/s1. The molecule has 0 aliphatic carbocycles. The fraction of sp³-hybridized carbons (Fsp3) is 0.765. The molecule has 0 radical (unpaired) electrons. The maximum atomic E-state index is 15.2. The van der Waals surface area contributed by atoms with Crippen molar-refractivity contribution < 1.29 is 38.4 Å². The largest absolute Gasteiger partial charge is 0.394 e. The molecule has 1 aromatic rings. The van der Waals surface area contributed by atoms with Crippen molar-refractivity contribution in [3.05, 3.63) is 20.3 Å². The molecule has 14 heteroatoms. The Morgan fingerprint density at radius 3 is 2.42 bits per heavy atom. The SMILES string of the molecule is CCC(F)(CCO[C@H]([C@H](O)CO)n1cc(I)c(N)nc1=O)OP(=O)(O)C(O)(CC)CC. The summed E-state index contributed by atoms with van der Waals surface area (Å²) in [5.41, 5.74) is 4.71. The van der Waals surface area contributed by atoms with Crippen LogP contribution >= 0.6 is 30.2 Å². The van der Waals surface area contributed by atoms with E-state index in [1.807, 2.05) is 22.6 Å². The summed E-state index contributed by atoms with van der Waals surface area (Å²) in [6.45, 7) is 3.11. The molecule has 0 saturated carbocycles. The highest BCUT2D eigenvalue weighted by Gasteiger charge is 2.50. The number of aromatic nitrogens is 2. The molecule has 1 aromatic heterocycles. The molecule has 0 aliphatic rings. The van der Waals surface area contributed by atoms with Crippen molar-refractivity contribution in [2.45, 2.75) is 70.0 Å². The number of aliphatic hydroxyl groups excluding tert-OH is 2. The number of alkyl halides is 1. The molecule has 0 spiro atoms. The molecule has 0 aromatic carbocycles. The Balaban J connectivity index is 3.03. The zero-order chi connectivity index (χ0) is 24.0. The number of hydrogen-bond acceptors (Lipinski definition) is 9. The van der Waals surface area contributed by atoms with Gasteiger partial charge in [-0.2, -0.15) is 4.98 Å². The van der Waals surface area contributed by atoms with Crippen LogP contribution in [0.15, 0.2) is 11.0 Å². The second kappa shape index (κ2) is 11.5. The molecule has 180 valence electrons. The lowest BCUT2D eigenvalue weighted by atomic mass is 10.2. The number of nitrogens with zero attached hydrogens (tertiary/aromatic N) is 2. The molecular formula is C17H30FIN3O8P. The molecule has 31 heavy (non-hydrogen) atoms. The van der Waals surface area contributed by atoms with Crippen molar-refractivity contribution in [3.8, 4) is 0 Å². The van der Waals surface area contributed by atoms with E-state index >= 15 is 4.39 Å². The predicted octanol–water partition coefficient (Wildman–Crippen LogP) is 1.47. The molecule has 0 aliphatic heterocycles. The van der Waals surface area contributed by atoms with Crippen molar-refractivity contribution in [2.75, 3.05) is 18.9 Å². The Kier molecular flexibility index (Phi) is 10.5. The smallest absolute Gasteiger partial charge is 0.362 e. The van der Waals surface area contributed by atoms with Crippen LogP contribution in [-0.2, 0) is 13.8 Å². The van der Waals surface area contributed by atoms with Gasteiger partial charge >= 0.3 is 13.3 Å². The van der Waals surface area contributed by atoms with E-state index < -0.39 is 56.4 Å². The summed E-state index contributed by atoms with van der Waals surface area (Å²) < 4.78 is 39.3. The molecular weight excluding hydrogens is 551 g/mol. The van der Waals surface area contributed by atoms with Crippen LogP contribution in [0.5, 0.6) is 0 Å². The Bertz CT molecular complexity index is 840. The van der Waals surface area contributed by atoms with Crippen LogP contribution in [-0.4, -0.2) is 60.3 Å². The molecule has 0 amide bonds. The first-order chi connectivity index (χ1) is 14.3. The fourth-order valence-electron chi connectivity index (χ4n) is 2.68. The average molecular weight is 581 g/mol. The van der Waals surface area contributed by atoms with Gasteiger partial charge in [-0.3, -0.25) is 13.7 Å². The highest BCUT2D eigenvalue weighted by Crippen LogP contribution is 2.60. The van der Waals surface area contributed by atoms with Crippen LogP contribution in [0.25, 0.3) is 0 Å². The van der Waals surface area contributed by atoms with Crippen LogP contribution in [0, 0.1) is 3.57 Å². The maximum Gasteiger partial charge on any atom is 0.362 e. The number of aliphatic hydroxyl groups is 3. The Labute approximate surface area is 193 Å². The Morgan fingerprint density at radius 1 is 1.35 bits per heavy atom. The lowest BCUT2D eigenvalue weighted by Gasteiger charge is -2.35. The van der Waals surface area contributed by atoms with Gasteiger partial charge in [-0.05, 0) is 35.4 Å². The Hall–Kier alpha value is -0.670. The molecule has 0 fully saturated rings. The number of halogens is 2. The molecule has 0 bridgehead atoms. The summed E-state index contributed by atoms with van der Waals surface area (Å²) in [5, 5.41) is 27.6. The van der Waals surface area contributed by atoms with Gasteiger partial charge in [0.1, 0.15) is 11.9 Å². The normalized spacial score (nSPS) is 18.2. The van der Waals surface area contributed by atoms with Gasteiger partial charge < -0.3 is 30.7 Å². The molecule has 6 N–H and O–H groups in total. The van der Waals surface area contributed by atoms with Gasteiger partial charge in [-0.25, -0.2) is 9.18 Å². The van der Waals surface area contributed by atoms with E-state index in [0.717, 1.165) is 4.57 Å². The van der Waals surface area contributed by atoms with E-state index in [-0.39, 0.29) is 25.1 Å². The lowest BCUT2D eigenvalue weighted by Crippen LogP contribution is -2.39. The zero-order valence-electron chi connectivity index (χ0n) is 17.6. The van der Waals surface area contributed by atoms with Crippen molar-refractivity contribution in [1.82, 2.24) is 9.55 Å². The lowest BCUT2D eigenvalue weighted by molar-refractivity contribution is -0.138. The molecule has 4 atom stereocenters. The van der Waals surface area contributed by atoms with Gasteiger partial charge in [0.05, 0.1) is 16.8 Å². The average Bonchev–Trinajstić information content (AvgIpc) is 2.72. The van der Waals surface area contributed by atoms with Crippen molar-refractivity contribution >= 4 is 36.0 Å². The molecule has 0 saturated heterocycles. The van der Waals surface area contributed by atoms with Gasteiger partial charge in [0.2, 0.25) is 5.85 Å². The van der Waals surface area contributed by atoms with Gasteiger partial charge in [0.25, 0.3) is 0 Å². The van der Waals surface area contributed by atoms with Crippen molar-refractivity contribution in [2.24, 2.45) is 0 Å². The van der Waals surface area contributed by atoms with Crippen LogP contribution in [0.3, 0.4) is 0 Å². The van der Waals surface area contributed by atoms with Crippen molar-refractivity contribution in [1.29, 1.82) is 0 Å². The number of nitrogens with two attached hydrogens (primary N) is 1. The number of anilines is 1. The monoisotopic (exact) mass is 581 g/mol. The van der Waals surface area contributed by atoms with Gasteiger partial charge in [-0.1, -0.05) is 20.8 Å². The minimum Gasteiger partial charge on any atom is -0.394 e. The first kappa shape index (κ1) is 28.4. The second-order valence-electron chi connectivity index (χ2n) is 6.96. The van der Waals surface area contributed by atoms with Crippen LogP contribution < -0.4 is 11.4 Å². The summed E-state index contributed by atoms with van der Waals surface area (Å²) in [4.78, 5) is 25.9. The number of rotatable bonds is 13. The molecule has 2 unspecified atom stereocenters. The fourth-order valence-corrected chi connectivity index (χ4v) is 4.74. The molecule has 11 nitrogen and oxygen atoms in total. The van der Waals surface area contributed by atoms with E-state index in [4.69, 9.17) is 15.0 Å². The third-order valence-electron chi connectivity index (χ3n) is 4.96. The number of ether oxygens (including phenoxy) is 1. The first-order valence-electron chi connectivity index (χ1n) is 9.69. The first-order valence-corrected chi connectivity index (χ1v) is 12.3. The van der Waals surface area contributed by atoms with Gasteiger partial charge in [-0.15, -0.1) is 0 Å². The molecule has 1 heterocycles. The third-order valence-corrected chi connectivity index (χ3v) is 8.05. The molecule has 1 rings (SSSR count). The second-order valence-corrected chi connectivity index (χ2v) is 10.2. The van der Waals surface area contributed by atoms with E-state index in [9.17, 15) is 29.6 Å². The Morgan fingerprint density at radius 2 is 1.94 bits per heavy atom. The van der Waals surface area contributed by atoms with E-state index in [0.29, 0.717) is 3.57 Å². The minimum absolute atomic E-state index is 0.0284.